The van der Waals surface area contributed by atoms with Crippen LogP contribution in [0.1, 0.15) is 19.8 Å². The Morgan fingerprint density at radius 1 is 1.45 bits per heavy atom. The number of likely N-dealkylation sites (tertiary alicyclic amines) is 1. The fourth-order valence-electron chi connectivity index (χ4n) is 1.05. The minimum Gasteiger partial charge on any atom is -0.274 e. The molecule has 1 heterocycles. The third kappa shape index (κ3) is 1.38. The molecule has 1 saturated heterocycles. The van der Waals surface area contributed by atoms with Gasteiger partial charge in [0.05, 0.1) is 0 Å². The van der Waals surface area contributed by atoms with Gasteiger partial charge in [-0.2, -0.15) is 0 Å². The minimum absolute atomic E-state index is 0.215. The number of amides is 2. The number of hydrogen-bond acceptors (Lipinski definition) is 4. The molecule has 1 atom stereocenters. The molecular formula is C6H9NO4. The normalized spacial score (nSPS) is 21.1. The van der Waals surface area contributed by atoms with Crippen molar-refractivity contribution in [3.05, 3.63) is 0 Å². The molecule has 1 N–H and O–H groups in total. The maximum absolute atomic E-state index is 10.9. The SMILES string of the molecule is CC(OO)N1C(=O)CCC1=O. The quantitative estimate of drug-likeness (QED) is 0.349. The van der Waals surface area contributed by atoms with Crippen LogP contribution in [0.2, 0.25) is 0 Å². The molecule has 1 fully saturated rings. The van der Waals surface area contributed by atoms with Gasteiger partial charge in [-0.1, -0.05) is 0 Å². The van der Waals surface area contributed by atoms with Crippen LogP contribution >= 0.6 is 0 Å². The monoisotopic (exact) mass is 159 g/mol. The Morgan fingerprint density at radius 3 is 2.27 bits per heavy atom. The largest absolute Gasteiger partial charge is 0.274 e. The van der Waals surface area contributed by atoms with E-state index < -0.39 is 6.23 Å². The highest BCUT2D eigenvalue weighted by molar-refractivity contribution is 6.02. The van der Waals surface area contributed by atoms with E-state index in [9.17, 15) is 9.59 Å². The molecule has 5 heteroatoms. The molecule has 1 unspecified atom stereocenters. The Hall–Kier alpha value is -0.940. The summed E-state index contributed by atoms with van der Waals surface area (Å²) in [6, 6.07) is 0. The molecule has 11 heavy (non-hydrogen) atoms. The molecule has 1 aliphatic rings. The van der Waals surface area contributed by atoms with E-state index in [2.05, 4.69) is 4.89 Å². The number of imide groups is 1. The van der Waals surface area contributed by atoms with E-state index in [0.717, 1.165) is 4.90 Å². The van der Waals surface area contributed by atoms with Crippen LogP contribution in [-0.2, 0) is 14.5 Å². The third-order valence-electron chi connectivity index (χ3n) is 1.61. The Balaban J connectivity index is 2.68. The summed E-state index contributed by atoms with van der Waals surface area (Å²) in [4.78, 5) is 26.6. The topological polar surface area (TPSA) is 66.8 Å². The first-order chi connectivity index (χ1) is 5.16. The van der Waals surface area contributed by atoms with E-state index in [4.69, 9.17) is 5.26 Å². The van der Waals surface area contributed by atoms with Crippen LogP contribution < -0.4 is 0 Å². The lowest BCUT2D eigenvalue weighted by Gasteiger charge is -2.18. The molecule has 1 rings (SSSR count). The van der Waals surface area contributed by atoms with Crippen molar-refractivity contribution in [1.82, 2.24) is 4.90 Å². The molecule has 0 aliphatic carbocycles. The molecule has 0 spiro atoms. The van der Waals surface area contributed by atoms with Gasteiger partial charge >= 0.3 is 0 Å². The van der Waals surface area contributed by atoms with Crippen molar-refractivity contribution in [2.24, 2.45) is 0 Å². The van der Waals surface area contributed by atoms with Crippen molar-refractivity contribution in [2.45, 2.75) is 26.0 Å². The molecular weight excluding hydrogens is 150 g/mol. The van der Waals surface area contributed by atoms with Gasteiger partial charge in [-0.25, -0.2) is 10.1 Å². The number of rotatable bonds is 2. The van der Waals surface area contributed by atoms with E-state index in [1.807, 2.05) is 0 Å². The summed E-state index contributed by atoms with van der Waals surface area (Å²) in [6.45, 7) is 1.43. The summed E-state index contributed by atoms with van der Waals surface area (Å²) >= 11 is 0. The second-order valence-electron chi connectivity index (χ2n) is 2.36. The number of carbonyl (C=O) groups excluding carboxylic acids is 2. The van der Waals surface area contributed by atoms with Gasteiger partial charge in [0.1, 0.15) is 0 Å². The molecule has 0 bridgehead atoms. The van der Waals surface area contributed by atoms with Crippen LogP contribution in [0.3, 0.4) is 0 Å². The molecule has 2 amide bonds. The van der Waals surface area contributed by atoms with Gasteiger partial charge in [-0.05, 0) is 6.92 Å². The van der Waals surface area contributed by atoms with E-state index >= 15 is 0 Å². The standard InChI is InChI=1S/C6H9NO4/c1-4(11-10)7-5(8)2-3-6(7)9/h4,10H,2-3H2,1H3. The predicted molar refractivity (Wildman–Crippen MR) is 34.3 cm³/mol. The summed E-state index contributed by atoms with van der Waals surface area (Å²) in [5.74, 6) is -0.590. The first kappa shape index (κ1) is 8.16. The van der Waals surface area contributed by atoms with Gasteiger partial charge in [0.25, 0.3) is 0 Å². The van der Waals surface area contributed by atoms with Crippen LogP contribution in [0, 0.1) is 0 Å². The maximum atomic E-state index is 10.9. The molecule has 0 aromatic rings. The van der Waals surface area contributed by atoms with E-state index in [1.54, 1.807) is 0 Å². The van der Waals surface area contributed by atoms with Crippen LogP contribution in [0.5, 0.6) is 0 Å². The Kier molecular flexibility index (Phi) is 2.21. The highest BCUT2D eigenvalue weighted by Crippen LogP contribution is 2.14. The molecule has 62 valence electrons. The molecule has 0 aromatic heterocycles. The van der Waals surface area contributed by atoms with Gasteiger partial charge in [-0.15, -0.1) is 0 Å². The predicted octanol–water partition coefficient (Wildman–Crippen LogP) is -0.0290. The summed E-state index contributed by atoms with van der Waals surface area (Å²) in [7, 11) is 0. The van der Waals surface area contributed by atoms with Crippen molar-refractivity contribution in [1.29, 1.82) is 0 Å². The van der Waals surface area contributed by atoms with E-state index in [0.29, 0.717) is 0 Å². The second-order valence-corrected chi connectivity index (χ2v) is 2.36. The van der Waals surface area contributed by atoms with Gasteiger partial charge in [0.2, 0.25) is 11.8 Å². The van der Waals surface area contributed by atoms with Crippen molar-refractivity contribution < 1.29 is 19.7 Å². The fourth-order valence-corrected chi connectivity index (χ4v) is 1.05. The zero-order valence-corrected chi connectivity index (χ0v) is 6.11. The first-order valence-electron chi connectivity index (χ1n) is 3.32. The average Bonchev–Trinajstić information content (AvgIpc) is 2.30. The van der Waals surface area contributed by atoms with E-state index in [-0.39, 0.29) is 24.7 Å². The number of carbonyl (C=O) groups is 2. The third-order valence-corrected chi connectivity index (χ3v) is 1.61. The van der Waals surface area contributed by atoms with E-state index in [1.165, 1.54) is 6.92 Å². The van der Waals surface area contributed by atoms with Crippen molar-refractivity contribution in [3.63, 3.8) is 0 Å². The highest BCUT2D eigenvalue weighted by atomic mass is 17.1. The summed E-state index contributed by atoms with van der Waals surface area (Å²) in [5.41, 5.74) is 0. The van der Waals surface area contributed by atoms with Gasteiger partial charge in [0.15, 0.2) is 6.23 Å². The van der Waals surface area contributed by atoms with Crippen LogP contribution in [0.25, 0.3) is 0 Å². The first-order valence-corrected chi connectivity index (χ1v) is 3.32. The molecule has 0 radical (unpaired) electrons. The van der Waals surface area contributed by atoms with Crippen molar-refractivity contribution in [2.75, 3.05) is 0 Å². The summed E-state index contributed by atoms with van der Waals surface area (Å²) in [5, 5.41) is 8.18. The molecule has 5 nitrogen and oxygen atoms in total. The lowest BCUT2D eigenvalue weighted by atomic mass is 10.4. The van der Waals surface area contributed by atoms with Gasteiger partial charge in [0, 0.05) is 12.8 Å². The smallest absolute Gasteiger partial charge is 0.231 e. The zero-order chi connectivity index (χ0) is 8.43. The second kappa shape index (κ2) is 2.98. The highest BCUT2D eigenvalue weighted by Gasteiger charge is 2.33. The van der Waals surface area contributed by atoms with Gasteiger partial charge < -0.3 is 0 Å². The van der Waals surface area contributed by atoms with Crippen molar-refractivity contribution >= 4 is 11.8 Å². The lowest BCUT2D eigenvalue weighted by Crippen LogP contribution is -2.38. The number of nitrogens with zero attached hydrogens (tertiary/aromatic N) is 1. The van der Waals surface area contributed by atoms with Crippen LogP contribution in [-0.4, -0.2) is 28.2 Å². The van der Waals surface area contributed by atoms with Crippen LogP contribution in [0.4, 0.5) is 0 Å². The average molecular weight is 159 g/mol. The molecule has 0 aromatic carbocycles. The van der Waals surface area contributed by atoms with Crippen molar-refractivity contribution in [3.8, 4) is 0 Å². The number of hydrogen-bond donors (Lipinski definition) is 1. The Morgan fingerprint density at radius 2 is 1.91 bits per heavy atom. The van der Waals surface area contributed by atoms with Gasteiger partial charge in [-0.3, -0.25) is 14.5 Å². The minimum atomic E-state index is -0.863. The fraction of sp³-hybridized carbons (Fsp3) is 0.667. The summed E-state index contributed by atoms with van der Waals surface area (Å²) in [6.07, 6.45) is -0.434. The maximum Gasteiger partial charge on any atom is 0.231 e. The molecule has 0 saturated carbocycles. The lowest BCUT2D eigenvalue weighted by molar-refractivity contribution is -0.299. The molecule has 1 aliphatic heterocycles. The Bertz CT molecular complexity index is 175. The van der Waals surface area contributed by atoms with Crippen LogP contribution in [0.15, 0.2) is 0 Å². The Labute approximate surface area is 63.5 Å². The summed E-state index contributed by atoms with van der Waals surface area (Å²) < 4.78 is 0. The zero-order valence-electron chi connectivity index (χ0n) is 6.11.